The number of hydrogen-bond acceptors (Lipinski definition) is 6. The van der Waals surface area contributed by atoms with E-state index in [1.807, 2.05) is 0 Å². The van der Waals surface area contributed by atoms with E-state index >= 15 is 0 Å². The molecule has 0 amide bonds. The van der Waals surface area contributed by atoms with E-state index in [9.17, 15) is 10.2 Å². The van der Waals surface area contributed by atoms with Gasteiger partial charge in [0, 0.05) is 30.0 Å². The predicted octanol–water partition coefficient (Wildman–Crippen LogP) is -0.961. The third-order valence-electron chi connectivity index (χ3n) is 3.13. The van der Waals surface area contributed by atoms with Gasteiger partial charge in [0.2, 0.25) is 0 Å². The maximum atomic E-state index is 9.75. The number of rotatable bonds is 4. The fourth-order valence-electron chi connectivity index (χ4n) is 2.10. The molecule has 7 N–H and O–H groups in total. The Bertz CT molecular complexity index is 414. The summed E-state index contributed by atoms with van der Waals surface area (Å²) in [5, 5.41) is 34.7. The van der Waals surface area contributed by atoms with Crippen molar-refractivity contribution in [3.05, 3.63) is 23.8 Å². The summed E-state index contributed by atoms with van der Waals surface area (Å²) in [6.45, 7) is 0.828. The fourth-order valence-corrected chi connectivity index (χ4v) is 2.10. The van der Waals surface area contributed by atoms with Crippen molar-refractivity contribution in [3.8, 4) is 0 Å². The fraction of sp³-hybridized carbons (Fsp3) is 0.500. The predicted molar refractivity (Wildman–Crippen MR) is 69.2 cm³/mol. The average molecular weight is 253 g/mol. The van der Waals surface area contributed by atoms with E-state index in [1.54, 1.807) is 18.2 Å². The SMILES string of the molecule is Nc1ccc(NC2CNCC2O)c(C(O)CO)c1. The molecule has 100 valence electrons. The molecule has 0 aromatic heterocycles. The number of hydrogen-bond donors (Lipinski definition) is 6. The number of benzene rings is 1. The molecule has 0 spiro atoms. The normalized spacial score (nSPS) is 25.1. The van der Waals surface area contributed by atoms with E-state index in [1.165, 1.54) is 0 Å². The van der Waals surface area contributed by atoms with Crippen molar-refractivity contribution >= 4 is 11.4 Å². The third kappa shape index (κ3) is 2.73. The highest BCUT2D eigenvalue weighted by Crippen LogP contribution is 2.26. The minimum Gasteiger partial charge on any atom is -0.399 e. The van der Waals surface area contributed by atoms with Crippen molar-refractivity contribution in [2.24, 2.45) is 0 Å². The van der Waals surface area contributed by atoms with Crippen LogP contribution in [0.5, 0.6) is 0 Å². The molecular weight excluding hydrogens is 234 g/mol. The van der Waals surface area contributed by atoms with E-state index in [0.29, 0.717) is 30.0 Å². The molecule has 1 aliphatic heterocycles. The summed E-state index contributed by atoms with van der Waals surface area (Å²) < 4.78 is 0. The second kappa shape index (κ2) is 5.53. The van der Waals surface area contributed by atoms with Crippen molar-refractivity contribution in [3.63, 3.8) is 0 Å². The van der Waals surface area contributed by atoms with Crippen molar-refractivity contribution in [2.45, 2.75) is 18.2 Å². The van der Waals surface area contributed by atoms with Gasteiger partial charge in [-0.05, 0) is 18.2 Å². The van der Waals surface area contributed by atoms with Crippen LogP contribution in [0.4, 0.5) is 11.4 Å². The number of nitrogens with two attached hydrogens (primary N) is 1. The number of β-amino-alcohol motifs (C(OH)–C–C–N with tert-alkyl or cyclic N) is 1. The summed E-state index contributed by atoms with van der Waals surface area (Å²) in [5.74, 6) is 0. The van der Waals surface area contributed by atoms with Gasteiger partial charge >= 0.3 is 0 Å². The van der Waals surface area contributed by atoms with Crippen LogP contribution >= 0.6 is 0 Å². The number of aliphatic hydroxyl groups excluding tert-OH is 3. The van der Waals surface area contributed by atoms with Gasteiger partial charge in [-0.2, -0.15) is 0 Å². The first-order valence-electron chi connectivity index (χ1n) is 5.95. The molecular formula is C12H19N3O3. The van der Waals surface area contributed by atoms with Crippen LogP contribution in [0.15, 0.2) is 18.2 Å². The van der Waals surface area contributed by atoms with Crippen LogP contribution < -0.4 is 16.4 Å². The second-order valence-corrected chi connectivity index (χ2v) is 4.52. The molecule has 1 heterocycles. The molecule has 0 aliphatic carbocycles. The number of aliphatic hydroxyl groups is 3. The lowest BCUT2D eigenvalue weighted by Crippen LogP contribution is -2.32. The number of anilines is 2. The Morgan fingerprint density at radius 1 is 1.44 bits per heavy atom. The molecule has 0 saturated carbocycles. The van der Waals surface area contributed by atoms with Crippen LogP contribution in [-0.2, 0) is 0 Å². The van der Waals surface area contributed by atoms with Crippen LogP contribution in [0.1, 0.15) is 11.7 Å². The van der Waals surface area contributed by atoms with Crippen LogP contribution in [-0.4, -0.2) is 47.2 Å². The number of nitrogens with one attached hydrogen (secondary N) is 2. The Morgan fingerprint density at radius 3 is 2.83 bits per heavy atom. The lowest BCUT2D eigenvalue weighted by atomic mass is 10.1. The first-order chi connectivity index (χ1) is 8.61. The molecule has 1 aromatic rings. The number of nitrogen functional groups attached to an aromatic ring is 1. The zero-order chi connectivity index (χ0) is 13.1. The summed E-state index contributed by atoms with van der Waals surface area (Å²) in [7, 11) is 0. The third-order valence-corrected chi connectivity index (χ3v) is 3.13. The van der Waals surface area contributed by atoms with Crippen molar-refractivity contribution in [1.29, 1.82) is 0 Å². The van der Waals surface area contributed by atoms with Crippen molar-refractivity contribution < 1.29 is 15.3 Å². The molecule has 0 radical (unpaired) electrons. The van der Waals surface area contributed by atoms with Crippen LogP contribution in [0.2, 0.25) is 0 Å². The second-order valence-electron chi connectivity index (χ2n) is 4.52. The molecule has 1 saturated heterocycles. The molecule has 18 heavy (non-hydrogen) atoms. The van der Waals surface area contributed by atoms with Gasteiger partial charge < -0.3 is 31.7 Å². The molecule has 1 fully saturated rings. The van der Waals surface area contributed by atoms with E-state index in [4.69, 9.17) is 10.8 Å². The summed E-state index contributed by atoms with van der Waals surface area (Å²) in [6, 6.07) is 4.97. The van der Waals surface area contributed by atoms with Crippen LogP contribution in [0, 0.1) is 0 Å². The Balaban J connectivity index is 2.20. The standard InChI is InChI=1S/C12H19N3O3/c13-7-1-2-9(8(3-7)12(18)6-16)15-10-4-14-5-11(10)17/h1-3,10-12,14-18H,4-6,13H2. The zero-order valence-electron chi connectivity index (χ0n) is 10.0. The Hall–Kier alpha value is -1.34. The van der Waals surface area contributed by atoms with E-state index in [0.717, 1.165) is 0 Å². The van der Waals surface area contributed by atoms with Gasteiger partial charge in [-0.15, -0.1) is 0 Å². The largest absolute Gasteiger partial charge is 0.399 e. The minimum atomic E-state index is -0.984. The highest BCUT2D eigenvalue weighted by molar-refractivity contribution is 5.59. The van der Waals surface area contributed by atoms with Crippen molar-refractivity contribution in [2.75, 3.05) is 30.7 Å². The average Bonchev–Trinajstić information content (AvgIpc) is 2.76. The van der Waals surface area contributed by atoms with Gasteiger partial charge in [-0.25, -0.2) is 0 Å². The lowest BCUT2D eigenvalue weighted by molar-refractivity contribution is 0.0960. The lowest BCUT2D eigenvalue weighted by Gasteiger charge is -2.21. The molecule has 1 aromatic carbocycles. The molecule has 3 atom stereocenters. The van der Waals surface area contributed by atoms with Crippen LogP contribution in [0.3, 0.4) is 0 Å². The van der Waals surface area contributed by atoms with E-state index < -0.39 is 12.2 Å². The van der Waals surface area contributed by atoms with Gasteiger partial charge in [0.25, 0.3) is 0 Å². The van der Waals surface area contributed by atoms with Crippen molar-refractivity contribution in [1.82, 2.24) is 5.32 Å². The molecule has 0 bridgehead atoms. The molecule has 3 unspecified atom stereocenters. The summed E-state index contributed by atoms with van der Waals surface area (Å²) in [4.78, 5) is 0. The Morgan fingerprint density at radius 2 is 2.22 bits per heavy atom. The summed E-state index contributed by atoms with van der Waals surface area (Å²) in [6.07, 6.45) is -1.45. The summed E-state index contributed by atoms with van der Waals surface area (Å²) in [5.41, 5.74) is 7.41. The van der Waals surface area contributed by atoms with Gasteiger partial charge in [-0.1, -0.05) is 0 Å². The molecule has 2 rings (SSSR count). The zero-order valence-corrected chi connectivity index (χ0v) is 10.0. The van der Waals surface area contributed by atoms with E-state index in [2.05, 4.69) is 10.6 Å². The van der Waals surface area contributed by atoms with Gasteiger partial charge in [0.15, 0.2) is 0 Å². The van der Waals surface area contributed by atoms with Gasteiger partial charge in [-0.3, -0.25) is 0 Å². The quantitative estimate of drug-likeness (QED) is 0.386. The topological polar surface area (TPSA) is 111 Å². The maximum absolute atomic E-state index is 9.75. The van der Waals surface area contributed by atoms with Crippen LogP contribution in [0.25, 0.3) is 0 Å². The first kappa shape index (κ1) is 13.1. The molecule has 1 aliphatic rings. The van der Waals surface area contributed by atoms with E-state index in [-0.39, 0.29) is 12.6 Å². The first-order valence-corrected chi connectivity index (χ1v) is 5.95. The highest BCUT2D eigenvalue weighted by Gasteiger charge is 2.25. The molecule has 6 heteroatoms. The monoisotopic (exact) mass is 253 g/mol. The highest BCUT2D eigenvalue weighted by atomic mass is 16.3. The van der Waals surface area contributed by atoms with Gasteiger partial charge in [0.05, 0.1) is 18.8 Å². The summed E-state index contributed by atoms with van der Waals surface area (Å²) >= 11 is 0. The maximum Gasteiger partial charge on any atom is 0.104 e. The van der Waals surface area contributed by atoms with Gasteiger partial charge in [0.1, 0.15) is 6.10 Å². The molecule has 6 nitrogen and oxygen atoms in total. The smallest absolute Gasteiger partial charge is 0.104 e. The Kier molecular flexibility index (Phi) is 4.03. The minimum absolute atomic E-state index is 0.113. The Labute approximate surface area is 105 Å².